The van der Waals surface area contributed by atoms with Gasteiger partial charge >= 0.3 is 0 Å². The molecule has 0 aromatic carbocycles. The Bertz CT molecular complexity index is 1000. The van der Waals surface area contributed by atoms with Crippen LogP contribution >= 0.6 is 0 Å². The summed E-state index contributed by atoms with van der Waals surface area (Å²) in [6, 6.07) is 0.157. The standard InChI is InChI=1S/C32H51N3O3/c1-19-9-14-32(33-18-19)20(2)29-26(38-32)16-25-23-8-7-21-15-22(34-27(36)17-28(37)35(5)6)10-12-30(21,3)24(23)11-13-31(25,29)4/h7,19-20,22-26,29,33H,8-18H2,1-6H3,(H,34,36)/t19-,20+,22?,23-,24+,25+,26+,29+,30+,31+,32-/m1/s1. The Labute approximate surface area is 230 Å². The van der Waals surface area contributed by atoms with Crippen molar-refractivity contribution in [3.63, 3.8) is 0 Å². The van der Waals surface area contributed by atoms with Crippen molar-refractivity contribution in [3.8, 4) is 0 Å². The van der Waals surface area contributed by atoms with E-state index in [9.17, 15) is 9.59 Å². The Balaban J connectivity index is 1.15. The Kier molecular flexibility index (Phi) is 6.58. The number of nitrogens with zero attached hydrogens (tertiary/aromatic N) is 1. The van der Waals surface area contributed by atoms with Gasteiger partial charge in [-0.05, 0) is 98.2 Å². The van der Waals surface area contributed by atoms with Gasteiger partial charge in [-0.3, -0.25) is 14.9 Å². The first kappa shape index (κ1) is 26.8. The number of hydrogen-bond acceptors (Lipinski definition) is 4. The maximum absolute atomic E-state index is 12.5. The second kappa shape index (κ2) is 9.33. The molecule has 0 aromatic rings. The lowest BCUT2D eigenvalue weighted by molar-refractivity contribution is -0.134. The fourth-order valence-corrected chi connectivity index (χ4v) is 10.6. The zero-order chi connectivity index (χ0) is 27.0. The van der Waals surface area contributed by atoms with E-state index >= 15 is 0 Å². The lowest BCUT2D eigenvalue weighted by Crippen LogP contribution is -2.57. The van der Waals surface area contributed by atoms with Crippen molar-refractivity contribution >= 4 is 11.8 Å². The lowest BCUT2D eigenvalue weighted by Gasteiger charge is -2.58. The van der Waals surface area contributed by atoms with Crippen LogP contribution in [0, 0.1) is 46.3 Å². The van der Waals surface area contributed by atoms with Gasteiger partial charge in [0.2, 0.25) is 11.8 Å². The number of piperidine rings is 1. The molecule has 0 bridgehead atoms. The van der Waals surface area contributed by atoms with Crippen molar-refractivity contribution in [1.82, 2.24) is 15.5 Å². The largest absolute Gasteiger partial charge is 0.357 e. The van der Waals surface area contributed by atoms with Crippen LogP contribution in [0.25, 0.3) is 0 Å². The van der Waals surface area contributed by atoms with Gasteiger partial charge in [0.1, 0.15) is 12.1 Å². The molecule has 2 saturated heterocycles. The topological polar surface area (TPSA) is 70.7 Å². The van der Waals surface area contributed by atoms with Crippen LogP contribution in [0.1, 0.15) is 91.9 Å². The van der Waals surface area contributed by atoms with Crippen molar-refractivity contribution in [1.29, 1.82) is 0 Å². The molecule has 4 aliphatic carbocycles. The van der Waals surface area contributed by atoms with Crippen molar-refractivity contribution in [3.05, 3.63) is 11.6 Å². The molecule has 6 rings (SSSR count). The first-order valence-corrected chi connectivity index (χ1v) is 15.6. The van der Waals surface area contributed by atoms with E-state index in [0.717, 1.165) is 49.5 Å². The van der Waals surface area contributed by atoms with E-state index in [-0.39, 0.29) is 35.4 Å². The zero-order valence-corrected chi connectivity index (χ0v) is 24.6. The summed E-state index contributed by atoms with van der Waals surface area (Å²) in [5.74, 6) is 3.98. The lowest BCUT2D eigenvalue weighted by atomic mass is 9.46. The van der Waals surface area contributed by atoms with E-state index in [0.29, 0.717) is 23.4 Å². The highest BCUT2D eigenvalue weighted by atomic mass is 16.5. The summed E-state index contributed by atoms with van der Waals surface area (Å²) in [6.07, 6.45) is 13.6. The van der Waals surface area contributed by atoms with Gasteiger partial charge in [-0.2, -0.15) is 0 Å². The maximum Gasteiger partial charge on any atom is 0.231 e. The summed E-state index contributed by atoms with van der Waals surface area (Å²) < 4.78 is 7.04. The van der Waals surface area contributed by atoms with E-state index in [2.05, 4.69) is 44.4 Å². The summed E-state index contributed by atoms with van der Waals surface area (Å²) in [6.45, 7) is 11.1. The van der Waals surface area contributed by atoms with E-state index in [1.54, 1.807) is 19.7 Å². The predicted octanol–water partition coefficient (Wildman–Crippen LogP) is 4.89. The number of rotatable bonds is 3. The number of fused-ring (bicyclic) bond motifs is 7. The Morgan fingerprint density at radius 1 is 1.11 bits per heavy atom. The van der Waals surface area contributed by atoms with Gasteiger partial charge in [-0.25, -0.2) is 0 Å². The molecule has 212 valence electrons. The average Bonchev–Trinajstić information content (AvgIpc) is 3.31. The first-order valence-electron chi connectivity index (χ1n) is 15.6. The van der Waals surface area contributed by atoms with Crippen molar-refractivity contribution in [2.75, 3.05) is 20.6 Å². The molecule has 3 saturated carbocycles. The molecule has 38 heavy (non-hydrogen) atoms. The number of amides is 2. The fourth-order valence-electron chi connectivity index (χ4n) is 10.6. The maximum atomic E-state index is 12.5. The van der Waals surface area contributed by atoms with Gasteiger partial charge in [0.05, 0.1) is 6.10 Å². The number of ether oxygens (including phenoxy) is 1. The molecule has 6 nitrogen and oxygen atoms in total. The SMILES string of the molecule is C[C@@H]1CC[C@@]2(NC1)O[C@H]1C[C@H]3[C@@H]4CC=C5CC(NC(=O)CC(=O)N(C)C)CC[C@]5(C)[C@H]4CC[C@]3(C)[C@H]1[C@@H]2C. The van der Waals surface area contributed by atoms with Crippen LogP contribution in [0.3, 0.4) is 0 Å². The Hall–Kier alpha value is -1.40. The summed E-state index contributed by atoms with van der Waals surface area (Å²) in [5.41, 5.74) is 2.11. The molecule has 5 fully saturated rings. The normalized spacial score (nSPS) is 49.4. The van der Waals surface area contributed by atoms with E-state index in [1.165, 1.54) is 43.4 Å². The highest BCUT2D eigenvalue weighted by Crippen LogP contribution is 2.70. The predicted molar refractivity (Wildman–Crippen MR) is 149 cm³/mol. The molecule has 2 heterocycles. The second-order valence-corrected chi connectivity index (χ2v) is 14.9. The molecular formula is C32H51N3O3. The molecule has 0 aromatic heterocycles. The Morgan fingerprint density at radius 3 is 2.61 bits per heavy atom. The minimum atomic E-state index is -0.133. The van der Waals surface area contributed by atoms with Crippen LogP contribution in [-0.4, -0.2) is 55.2 Å². The fraction of sp³-hybridized carbons (Fsp3) is 0.875. The molecular weight excluding hydrogens is 474 g/mol. The van der Waals surface area contributed by atoms with E-state index in [4.69, 9.17) is 4.74 Å². The molecule has 6 heteroatoms. The smallest absolute Gasteiger partial charge is 0.231 e. The third-order valence-corrected chi connectivity index (χ3v) is 12.8. The number of carbonyl (C=O) groups excluding carboxylic acids is 2. The molecule has 6 aliphatic rings. The van der Waals surface area contributed by atoms with Crippen LogP contribution in [-0.2, 0) is 14.3 Å². The summed E-state index contributed by atoms with van der Waals surface area (Å²) >= 11 is 0. The second-order valence-electron chi connectivity index (χ2n) is 14.9. The molecule has 2 N–H and O–H groups in total. The van der Waals surface area contributed by atoms with E-state index < -0.39 is 0 Å². The minimum absolute atomic E-state index is 0.0521. The number of nitrogens with one attached hydrogen (secondary N) is 2. The van der Waals surface area contributed by atoms with Crippen LogP contribution in [0.15, 0.2) is 11.6 Å². The molecule has 1 spiro atoms. The summed E-state index contributed by atoms with van der Waals surface area (Å²) in [5, 5.41) is 7.07. The van der Waals surface area contributed by atoms with Gasteiger partial charge < -0.3 is 15.0 Å². The highest BCUT2D eigenvalue weighted by Gasteiger charge is 2.68. The minimum Gasteiger partial charge on any atom is -0.357 e. The van der Waals surface area contributed by atoms with Crippen LogP contribution < -0.4 is 10.6 Å². The van der Waals surface area contributed by atoms with Gasteiger partial charge in [-0.15, -0.1) is 0 Å². The quantitative estimate of drug-likeness (QED) is 0.407. The van der Waals surface area contributed by atoms with Crippen molar-refractivity contribution in [2.24, 2.45) is 46.3 Å². The average molecular weight is 526 g/mol. The van der Waals surface area contributed by atoms with Gasteiger partial charge in [0.15, 0.2) is 0 Å². The first-order chi connectivity index (χ1) is 18.0. The van der Waals surface area contributed by atoms with Gasteiger partial charge in [0.25, 0.3) is 0 Å². The van der Waals surface area contributed by atoms with Crippen LogP contribution in [0.4, 0.5) is 0 Å². The molecule has 2 amide bonds. The third kappa shape index (κ3) is 4.02. The molecule has 11 atom stereocenters. The highest BCUT2D eigenvalue weighted by molar-refractivity contribution is 5.96. The Morgan fingerprint density at radius 2 is 1.89 bits per heavy atom. The number of carbonyl (C=O) groups is 2. The summed E-state index contributed by atoms with van der Waals surface area (Å²) in [7, 11) is 3.41. The molecule has 0 radical (unpaired) electrons. The number of allylic oxidation sites excluding steroid dienone is 1. The molecule has 2 aliphatic heterocycles. The monoisotopic (exact) mass is 525 g/mol. The third-order valence-electron chi connectivity index (χ3n) is 12.8. The van der Waals surface area contributed by atoms with Gasteiger partial charge in [-0.1, -0.05) is 39.3 Å². The zero-order valence-electron chi connectivity index (χ0n) is 24.6. The van der Waals surface area contributed by atoms with Crippen LogP contribution in [0.2, 0.25) is 0 Å². The summed E-state index contributed by atoms with van der Waals surface area (Å²) in [4.78, 5) is 26.0. The van der Waals surface area contributed by atoms with Crippen LogP contribution in [0.5, 0.6) is 0 Å². The van der Waals surface area contributed by atoms with Gasteiger partial charge in [0, 0.05) is 32.6 Å². The van der Waals surface area contributed by atoms with Crippen molar-refractivity contribution < 1.29 is 14.3 Å². The number of hydrogen-bond donors (Lipinski definition) is 2. The van der Waals surface area contributed by atoms with E-state index in [1.807, 2.05) is 0 Å². The van der Waals surface area contributed by atoms with Crippen molar-refractivity contribution in [2.45, 2.75) is 110 Å². The molecule has 1 unspecified atom stereocenters.